The fourth-order valence-electron chi connectivity index (χ4n) is 2.10. The average Bonchev–Trinajstić information content (AvgIpc) is 2.59. The molecule has 0 aliphatic rings. The molecule has 22 heavy (non-hydrogen) atoms. The maximum absolute atomic E-state index is 9.16. The molecule has 2 rings (SSSR count). The molecule has 2 aromatic heterocycles. The zero-order valence-electron chi connectivity index (χ0n) is 12.3. The molecule has 0 fully saturated rings. The monoisotopic (exact) mass is 292 g/mol. The van der Waals surface area contributed by atoms with Crippen LogP contribution in [0.25, 0.3) is 0 Å². The van der Waals surface area contributed by atoms with E-state index in [-0.39, 0.29) is 0 Å². The summed E-state index contributed by atoms with van der Waals surface area (Å²) in [5, 5.41) is 21.3. The van der Waals surface area contributed by atoms with Crippen LogP contribution in [0.3, 0.4) is 0 Å². The molecule has 0 saturated heterocycles. The fraction of sp³-hybridized carbons (Fsp3) is 0.250. The SMILES string of the molecule is CCN(CCNc1ncccc1C#N)c1ncccc1C#N. The summed E-state index contributed by atoms with van der Waals surface area (Å²) in [6.07, 6.45) is 3.33. The molecule has 0 bridgehead atoms. The number of aromatic nitrogens is 2. The highest BCUT2D eigenvalue weighted by atomic mass is 15.2. The van der Waals surface area contributed by atoms with Crippen molar-refractivity contribution in [3.8, 4) is 12.1 Å². The van der Waals surface area contributed by atoms with Crippen LogP contribution in [0.5, 0.6) is 0 Å². The summed E-state index contributed by atoms with van der Waals surface area (Å²) < 4.78 is 0. The van der Waals surface area contributed by atoms with E-state index in [1.807, 2.05) is 11.8 Å². The van der Waals surface area contributed by atoms with Crippen LogP contribution in [0.1, 0.15) is 18.1 Å². The third-order valence-electron chi connectivity index (χ3n) is 3.19. The van der Waals surface area contributed by atoms with Gasteiger partial charge in [-0.1, -0.05) is 0 Å². The van der Waals surface area contributed by atoms with Crippen LogP contribution in [-0.4, -0.2) is 29.6 Å². The smallest absolute Gasteiger partial charge is 0.146 e. The van der Waals surface area contributed by atoms with Gasteiger partial charge in [-0.15, -0.1) is 0 Å². The summed E-state index contributed by atoms with van der Waals surface area (Å²) in [4.78, 5) is 10.5. The molecule has 0 radical (unpaired) electrons. The lowest BCUT2D eigenvalue weighted by Crippen LogP contribution is -2.30. The summed E-state index contributed by atoms with van der Waals surface area (Å²) in [5.74, 6) is 1.25. The van der Waals surface area contributed by atoms with E-state index < -0.39 is 0 Å². The van der Waals surface area contributed by atoms with Crippen molar-refractivity contribution in [2.45, 2.75) is 6.92 Å². The van der Waals surface area contributed by atoms with Gasteiger partial charge in [-0.2, -0.15) is 10.5 Å². The van der Waals surface area contributed by atoms with Crippen LogP contribution >= 0.6 is 0 Å². The van der Waals surface area contributed by atoms with Crippen LogP contribution < -0.4 is 10.2 Å². The van der Waals surface area contributed by atoms with E-state index in [1.54, 1.807) is 36.7 Å². The Bertz CT molecular complexity index is 713. The topological polar surface area (TPSA) is 88.6 Å². The quantitative estimate of drug-likeness (QED) is 0.877. The largest absolute Gasteiger partial charge is 0.367 e. The summed E-state index contributed by atoms with van der Waals surface area (Å²) in [7, 11) is 0. The zero-order valence-corrected chi connectivity index (χ0v) is 12.3. The van der Waals surface area contributed by atoms with Crippen molar-refractivity contribution < 1.29 is 0 Å². The van der Waals surface area contributed by atoms with Gasteiger partial charge < -0.3 is 10.2 Å². The predicted molar refractivity (Wildman–Crippen MR) is 84.3 cm³/mol. The lowest BCUT2D eigenvalue weighted by Gasteiger charge is -2.23. The van der Waals surface area contributed by atoms with Gasteiger partial charge in [0.15, 0.2) is 0 Å². The minimum Gasteiger partial charge on any atom is -0.367 e. The second-order valence-electron chi connectivity index (χ2n) is 4.50. The van der Waals surface area contributed by atoms with Crippen LogP contribution in [0.4, 0.5) is 11.6 Å². The van der Waals surface area contributed by atoms with Crippen molar-refractivity contribution in [3.05, 3.63) is 47.8 Å². The fourth-order valence-corrected chi connectivity index (χ4v) is 2.10. The molecule has 0 saturated carbocycles. The van der Waals surface area contributed by atoms with Gasteiger partial charge >= 0.3 is 0 Å². The van der Waals surface area contributed by atoms with Crippen molar-refractivity contribution in [3.63, 3.8) is 0 Å². The van der Waals surface area contributed by atoms with Gasteiger partial charge in [-0.3, -0.25) is 0 Å². The van der Waals surface area contributed by atoms with Crippen molar-refractivity contribution in [1.29, 1.82) is 10.5 Å². The number of nitrogens with one attached hydrogen (secondary N) is 1. The summed E-state index contributed by atoms with van der Waals surface area (Å²) >= 11 is 0. The molecule has 0 atom stereocenters. The second-order valence-corrected chi connectivity index (χ2v) is 4.50. The first-order chi connectivity index (χ1) is 10.8. The van der Waals surface area contributed by atoms with Crippen molar-refractivity contribution in [2.75, 3.05) is 29.9 Å². The van der Waals surface area contributed by atoms with E-state index in [9.17, 15) is 0 Å². The molecule has 0 unspecified atom stereocenters. The number of likely N-dealkylation sites (N-methyl/N-ethyl adjacent to an activating group) is 1. The molecule has 0 aliphatic heterocycles. The third kappa shape index (κ3) is 3.50. The molecule has 0 aromatic carbocycles. The first-order valence-electron chi connectivity index (χ1n) is 6.99. The lowest BCUT2D eigenvalue weighted by atomic mass is 10.2. The highest BCUT2D eigenvalue weighted by Gasteiger charge is 2.11. The minimum atomic E-state index is 0.515. The van der Waals surface area contributed by atoms with Gasteiger partial charge in [0, 0.05) is 32.0 Å². The molecule has 6 nitrogen and oxygen atoms in total. The Morgan fingerprint density at radius 3 is 2.45 bits per heavy atom. The van der Waals surface area contributed by atoms with E-state index in [0.29, 0.717) is 35.9 Å². The Kier molecular flexibility index (Phi) is 5.28. The number of hydrogen-bond acceptors (Lipinski definition) is 6. The van der Waals surface area contributed by atoms with Crippen LogP contribution in [0.2, 0.25) is 0 Å². The first kappa shape index (κ1) is 15.3. The van der Waals surface area contributed by atoms with Gasteiger partial charge in [0.2, 0.25) is 0 Å². The van der Waals surface area contributed by atoms with Crippen LogP contribution in [-0.2, 0) is 0 Å². The maximum atomic E-state index is 9.16. The summed E-state index contributed by atoms with van der Waals surface area (Å²) in [6.45, 7) is 4.00. The molecule has 0 amide bonds. The summed E-state index contributed by atoms with van der Waals surface area (Å²) in [6, 6.07) is 11.2. The normalized spacial score (nSPS) is 9.59. The number of nitriles is 2. The predicted octanol–water partition coefficient (Wildman–Crippen LogP) is 2.16. The number of hydrogen-bond donors (Lipinski definition) is 1. The molecule has 1 N–H and O–H groups in total. The maximum Gasteiger partial charge on any atom is 0.146 e. The van der Waals surface area contributed by atoms with Gasteiger partial charge in [-0.25, -0.2) is 9.97 Å². The van der Waals surface area contributed by atoms with Gasteiger partial charge in [-0.05, 0) is 31.2 Å². The van der Waals surface area contributed by atoms with E-state index >= 15 is 0 Å². The van der Waals surface area contributed by atoms with E-state index in [4.69, 9.17) is 10.5 Å². The Balaban J connectivity index is 2.03. The number of pyridine rings is 2. The standard InChI is InChI=1S/C16H16N6/c1-2-22(16-14(12-18)6-4-8-21-16)10-9-20-15-13(11-17)5-3-7-19-15/h3-8H,2,9-10H2,1H3,(H,19,20). The van der Waals surface area contributed by atoms with Gasteiger partial charge in [0.1, 0.15) is 23.8 Å². The molecular weight excluding hydrogens is 276 g/mol. The second kappa shape index (κ2) is 7.61. The van der Waals surface area contributed by atoms with Crippen LogP contribution in [0, 0.1) is 22.7 Å². The number of anilines is 2. The Morgan fingerprint density at radius 1 is 1.09 bits per heavy atom. The van der Waals surface area contributed by atoms with Gasteiger partial charge in [0.25, 0.3) is 0 Å². The van der Waals surface area contributed by atoms with E-state index in [0.717, 1.165) is 6.54 Å². The molecular formula is C16H16N6. The van der Waals surface area contributed by atoms with E-state index in [1.165, 1.54) is 0 Å². The molecule has 0 aliphatic carbocycles. The molecule has 6 heteroatoms. The molecule has 0 spiro atoms. The first-order valence-corrected chi connectivity index (χ1v) is 6.99. The summed E-state index contributed by atoms with van der Waals surface area (Å²) in [5.41, 5.74) is 1.07. The lowest BCUT2D eigenvalue weighted by molar-refractivity contribution is 0.815. The Labute approximate surface area is 129 Å². The molecule has 110 valence electrons. The number of rotatable bonds is 6. The van der Waals surface area contributed by atoms with Crippen molar-refractivity contribution in [1.82, 2.24) is 9.97 Å². The van der Waals surface area contributed by atoms with Crippen LogP contribution in [0.15, 0.2) is 36.7 Å². The Hall–Kier alpha value is -3.12. The van der Waals surface area contributed by atoms with E-state index in [2.05, 4.69) is 27.4 Å². The van der Waals surface area contributed by atoms with Crippen molar-refractivity contribution in [2.24, 2.45) is 0 Å². The Morgan fingerprint density at radius 2 is 1.77 bits per heavy atom. The minimum absolute atomic E-state index is 0.515. The average molecular weight is 292 g/mol. The molecule has 2 heterocycles. The van der Waals surface area contributed by atoms with Gasteiger partial charge in [0.05, 0.1) is 11.1 Å². The highest BCUT2D eigenvalue weighted by molar-refractivity contribution is 5.54. The highest BCUT2D eigenvalue weighted by Crippen LogP contribution is 2.16. The zero-order chi connectivity index (χ0) is 15.8. The van der Waals surface area contributed by atoms with Crippen molar-refractivity contribution >= 4 is 11.6 Å². The number of nitrogens with zero attached hydrogens (tertiary/aromatic N) is 5. The molecule has 2 aromatic rings. The third-order valence-corrected chi connectivity index (χ3v) is 3.19.